The number of aliphatic hydroxyl groups is 1. The van der Waals surface area contributed by atoms with E-state index in [9.17, 15) is 14.9 Å². The number of hydrogen-bond acceptors (Lipinski definition) is 5. The van der Waals surface area contributed by atoms with Gasteiger partial charge in [0, 0.05) is 18.2 Å². The highest BCUT2D eigenvalue weighted by atomic mass is 16.6. The van der Waals surface area contributed by atoms with Crippen LogP contribution in [0, 0.1) is 10.1 Å². The zero-order valence-electron chi connectivity index (χ0n) is 8.34. The molecule has 0 aliphatic carbocycles. The first-order valence-electron chi connectivity index (χ1n) is 4.49. The van der Waals surface area contributed by atoms with Crippen LogP contribution in [0.3, 0.4) is 0 Å². The highest BCUT2D eigenvalue weighted by Crippen LogP contribution is 2.25. The zero-order valence-corrected chi connectivity index (χ0v) is 8.34. The Labute approximate surface area is 91.0 Å². The molecule has 0 aliphatic heterocycles. The molecular formula is C9H11N3O4. The summed E-state index contributed by atoms with van der Waals surface area (Å²) in [6, 6.07) is 3.87. The molecule has 1 rings (SSSR count). The van der Waals surface area contributed by atoms with Crippen LogP contribution in [0.5, 0.6) is 0 Å². The van der Waals surface area contributed by atoms with Gasteiger partial charge in [0.15, 0.2) is 0 Å². The third-order valence-corrected chi connectivity index (χ3v) is 1.91. The molecule has 7 heteroatoms. The van der Waals surface area contributed by atoms with E-state index in [0.29, 0.717) is 0 Å². The fourth-order valence-corrected chi connectivity index (χ4v) is 1.18. The second kappa shape index (κ2) is 5.08. The molecule has 1 amide bonds. The molecular weight excluding hydrogens is 214 g/mol. The summed E-state index contributed by atoms with van der Waals surface area (Å²) in [6.07, 6.45) is 0. The number of nitrogens with one attached hydrogen (secondary N) is 1. The van der Waals surface area contributed by atoms with Gasteiger partial charge in [0.2, 0.25) is 5.91 Å². The van der Waals surface area contributed by atoms with Crippen LogP contribution in [-0.2, 0) is 0 Å². The zero-order chi connectivity index (χ0) is 12.1. The van der Waals surface area contributed by atoms with Crippen molar-refractivity contribution in [3.8, 4) is 0 Å². The summed E-state index contributed by atoms with van der Waals surface area (Å²) < 4.78 is 0. The lowest BCUT2D eigenvalue weighted by Crippen LogP contribution is -2.12. The van der Waals surface area contributed by atoms with Crippen LogP contribution < -0.4 is 11.1 Å². The minimum Gasteiger partial charge on any atom is -0.395 e. The van der Waals surface area contributed by atoms with Gasteiger partial charge < -0.3 is 16.2 Å². The number of nitro groups is 1. The lowest BCUT2D eigenvalue weighted by Gasteiger charge is -2.05. The molecule has 7 nitrogen and oxygen atoms in total. The maximum absolute atomic E-state index is 10.8. The van der Waals surface area contributed by atoms with E-state index < -0.39 is 10.8 Å². The average Bonchev–Trinajstić information content (AvgIpc) is 2.25. The molecule has 16 heavy (non-hydrogen) atoms. The van der Waals surface area contributed by atoms with Crippen molar-refractivity contribution in [3.05, 3.63) is 33.9 Å². The molecule has 0 aromatic heterocycles. The van der Waals surface area contributed by atoms with E-state index in [0.717, 1.165) is 6.07 Å². The van der Waals surface area contributed by atoms with Gasteiger partial charge >= 0.3 is 0 Å². The predicted molar refractivity (Wildman–Crippen MR) is 57.2 cm³/mol. The monoisotopic (exact) mass is 225 g/mol. The molecule has 0 spiro atoms. The van der Waals surface area contributed by atoms with E-state index in [2.05, 4.69) is 5.32 Å². The number of carbonyl (C=O) groups is 1. The van der Waals surface area contributed by atoms with Crippen molar-refractivity contribution in [1.82, 2.24) is 0 Å². The van der Waals surface area contributed by atoms with Gasteiger partial charge in [-0.05, 0) is 12.1 Å². The molecule has 1 aromatic carbocycles. The largest absolute Gasteiger partial charge is 0.395 e. The first-order chi connectivity index (χ1) is 7.56. The smallest absolute Gasteiger partial charge is 0.293 e. The normalized spacial score (nSPS) is 9.81. The predicted octanol–water partition coefficient (Wildman–Crippen LogP) is 0.0979. The number of benzene rings is 1. The van der Waals surface area contributed by atoms with Crippen molar-refractivity contribution in [1.29, 1.82) is 0 Å². The number of aliphatic hydroxyl groups excluding tert-OH is 1. The van der Waals surface area contributed by atoms with Crippen LogP contribution in [0.1, 0.15) is 10.4 Å². The van der Waals surface area contributed by atoms with Crippen LogP contribution in [0.15, 0.2) is 18.2 Å². The average molecular weight is 225 g/mol. The minimum atomic E-state index is -0.725. The van der Waals surface area contributed by atoms with E-state index in [1.54, 1.807) is 0 Å². The minimum absolute atomic E-state index is 0.0706. The third-order valence-electron chi connectivity index (χ3n) is 1.91. The molecule has 0 unspecified atom stereocenters. The van der Waals surface area contributed by atoms with E-state index in [-0.39, 0.29) is 30.1 Å². The quantitative estimate of drug-likeness (QED) is 0.485. The topological polar surface area (TPSA) is 118 Å². The van der Waals surface area contributed by atoms with Crippen molar-refractivity contribution in [2.24, 2.45) is 5.73 Å². The highest BCUT2D eigenvalue weighted by molar-refractivity contribution is 5.94. The summed E-state index contributed by atoms with van der Waals surface area (Å²) in [6.45, 7) is 0.0471. The Hall–Kier alpha value is -2.15. The van der Waals surface area contributed by atoms with Gasteiger partial charge in [-0.25, -0.2) is 0 Å². The van der Waals surface area contributed by atoms with Gasteiger partial charge in [-0.1, -0.05) is 0 Å². The number of rotatable bonds is 5. The van der Waals surface area contributed by atoms with Crippen molar-refractivity contribution < 1.29 is 14.8 Å². The number of primary amides is 1. The number of hydrogen-bond donors (Lipinski definition) is 3. The van der Waals surface area contributed by atoms with Crippen LogP contribution in [0.2, 0.25) is 0 Å². The van der Waals surface area contributed by atoms with Gasteiger partial charge in [0.1, 0.15) is 5.69 Å². The summed E-state index contributed by atoms with van der Waals surface area (Å²) in [5.74, 6) is -0.725. The Bertz CT molecular complexity index is 419. The van der Waals surface area contributed by atoms with Crippen LogP contribution >= 0.6 is 0 Å². The van der Waals surface area contributed by atoms with Gasteiger partial charge in [-0.2, -0.15) is 0 Å². The van der Waals surface area contributed by atoms with E-state index in [1.165, 1.54) is 12.1 Å². The number of carbonyl (C=O) groups excluding carboxylic acids is 1. The summed E-state index contributed by atoms with van der Waals surface area (Å²) in [5, 5.41) is 22.0. The fraction of sp³-hybridized carbons (Fsp3) is 0.222. The van der Waals surface area contributed by atoms with Crippen LogP contribution in [0.4, 0.5) is 11.4 Å². The van der Waals surface area contributed by atoms with Gasteiger partial charge in [-0.3, -0.25) is 14.9 Å². The lowest BCUT2D eigenvalue weighted by atomic mass is 10.1. The second-order valence-electron chi connectivity index (χ2n) is 3.00. The third kappa shape index (κ3) is 2.67. The van der Waals surface area contributed by atoms with E-state index in [1.807, 2.05) is 0 Å². The van der Waals surface area contributed by atoms with Gasteiger partial charge in [0.05, 0.1) is 11.5 Å². The van der Waals surface area contributed by atoms with Gasteiger partial charge in [0.25, 0.3) is 5.69 Å². The summed E-state index contributed by atoms with van der Waals surface area (Å²) in [7, 11) is 0. The molecule has 0 fully saturated rings. The van der Waals surface area contributed by atoms with Crippen LogP contribution in [0.25, 0.3) is 0 Å². The first-order valence-corrected chi connectivity index (χ1v) is 4.49. The Morgan fingerprint density at radius 1 is 1.56 bits per heavy atom. The summed E-state index contributed by atoms with van der Waals surface area (Å²) >= 11 is 0. The van der Waals surface area contributed by atoms with Gasteiger partial charge in [-0.15, -0.1) is 0 Å². The Kier molecular flexibility index (Phi) is 3.78. The van der Waals surface area contributed by atoms with Crippen LogP contribution in [-0.4, -0.2) is 29.1 Å². The first kappa shape index (κ1) is 11.9. The SMILES string of the molecule is NC(=O)c1ccc(NCCO)c([N+](=O)[O-])c1. The molecule has 0 bridgehead atoms. The van der Waals surface area contributed by atoms with E-state index >= 15 is 0 Å². The molecule has 0 saturated heterocycles. The number of anilines is 1. The fourth-order valence-electron chi connectivity index (χ4n) is 1.18. The number of nitro benzene ring substituents is 1. The number of amides is 1. The number of nitrogens with zero attached hydrogens (tertiary/aromatic N) is 1. The maximum atomic E-state index is 10.8. The molecule has 4 N–H and O–H groups in total. The molecule has 0 heterocycles. The van der Waals surface area contributed by atoms with Crippen molar-refractivity contribution in [2.75, 3.05) is 18.5 Å². The second-order valence-corrected chi connectivity index (χ2v) is 3.00. The van der Waals surface area contributed by atoms with Crippen molar-refractivity contribution in [2.45, 2.75) is 0 Å². The molecule has 0 aliphatic rings. The Balaban J connectivity index is 3.09. The highest BCUT2D eigenvalue weighted by Gasteiger charge is 2.15. The molecule has 0 saturated carbocycles. The maximum Gasteiger partial charge on any atom is 0.293 e. The van der Waals surface area contributed by atoms with Crippen molar-refractivity contribution in [3.63, 3.8) is 0 Å². The Morgan fingerprint density at radius 3 is 2.75 bits per heavy atom. The summed E-state index contributed by atoms with van der Waals surface area (Å²) in [4.78, 5) is 20.9. The summed E-state index contributed by atoms with van der Waals surface area (Å²) in [5.41, 5.74) is 5.08. The standard InChI is InChI=1S/C9H11N3O4/c10-9(14)6-1-2-7(11-3-4-13)8(5-6)12(15)16/h1-2,5,11,13H,3-4H2,(H2,10,14). The lowest BCUT2D eigenvalue weighted by molar-refractivity contribution is -0.384. The molecule has 86 valence electrons. The molecule has 1 aromatic rings. The van der Waals surface area contributed by atoms with E-state index in [4.69, 9.17) is 10.8 Å². The Morgan fingerprint density at radius 2 is 2.25 bits per heavy atom. The molecule has 0 radical (unpaired) electrons. The number of nitrogens with two attached hydrogens (primary N) is 1. The van der Waals surface area contributed by atoms with Crippen molar-refractivity contribution >= 4 is 17.3 Å². The molecule has 0 atom stereocenters.